The fraction of sp³-hybridized carbons (Fsp3) is 0.0526. The van der Waals surface area contributed by atoms with Gasteiger partial charge in [-0.3, -0.25) is 0 Å². The van der Waals surface area contributed by atoms with Gasteiger partial charge in [-0.2, -0.15) is 0 Å². The van der Waals surface area contributed by atoms with Gasteiger partial charge in [0.05, 0.1) is 11.2 Å². The Morgan fingerprint density at radius 2 is 1.65 bits per heavy atom. The lowest BCUT2D eigenvalue weighted by Crippen LogP contribution is -1.96. The van der Waals surface area contributed by atoms with Crippen LogP contribution in [0, 0.1) is 0 Å². The summed E-state index contributed by atoms with van der Waals surface area (Å²) in [7, 11) is 0. The van der Waals surface area contributed by atoms with Crippen LogP contribution in [0.3, 0.4) is 0 Å². The molecule has 1 nitrogen and oxygen atoms in total. The molecule has 0 aliphatic heterocycles. The van der Waals surface area contributed by atoms with E-state index in [1.807, 2.05) is 19.1 Å². The van der Waals surface area contributed by atoms with Gasteiger partial charge in [0.15, 0.2) is 0 Å². The number of hydrogen-bond acceptors (Lipinski definition) is 0. The topological polar surface area (TPSA) is 4.93 Å². The fourth-order valence-electron chi connectivity index (χ4n) is 2.68. The molecule has 0 bridgehead atoms. The number of aromatic nitrogens is 1. The van der Waals surface area contributed by atoms with Gasteiger partial charge in [-0.15, -0.1) is 0 Å². The summed E-state index contributed by atoms with van der Waals surface area (Å²) in [5.74, 6) is 0. The van der Waals surface area contributed by atoms with Crippen LogP contribution in [0.25, 0.3) is 28.7 Å². The minimum absolute atomic E-state index is 1.13. The van der Waals surface area contributed by atoms with Crippen LogP contribution in [-0.2, 0) is 0 Å². The third kappa shape index (κ3) is 1.88. The van der Waals surface area contributed by atoms with E-state index in [0.29, 0.717) is 0 Å². The highest BCUT2D eigenvalue weighted by molar-refractivity contribution is 5.95. The highest BCUT2D eigenvalue weighted by Gasteiger charge is 2.13. The molecule has 0 saturated carbocycles. The molecule has 20 heavy (non-hydrogen) atoms. The van der Waals surface area contributed by atoms with Crippen LogP contribution in [0.2, 0.25) is 0 Å². The molecule has 0 saturated heterocycles. The van der Waals surface area contributed by atoms with Crippen LogP contribution < -0.4 is 0 Å². The van der Waals surface area contributed by atoms with E-state index in [9.17, 15) is 0 Å². The van der Waals surface area contributed by atoms with Crippen molar-refractivity contribution >= 4 is 23.1 Å². The first-order chi connectivity index (χ1) is 9.86. The van der Waals surface area contributed by atoms with Gasteiger partial charge in [-0.1, -0.05) is 55.1 Å². The van der Waals surface area contributed by atoms with Crippen LogP contribution >= 0.6 is 0 Å². The van der Waals surface area contributed by atoms with Crippen molar-refractivity contribution in [3.63, 3.8) is 0 Å². The quantitative estimate of drug-likeness (QED) is 0.601. The summed E-state index contributed by atoms with van der Waals surface area (Å²) in [5, 5.41) is 1.25. The van der Waals surface area contributed by atoms with E-state index < -0.39 is 0 Å². The minimum atomic E-state index is 1.13. The number of nitrogens with zero attached hydrogens (tertiary/aromatic N) is 1. The molecule has 0 atom stereocenters. The van der Waals surface area contributed by atoms with Crippen molar-refractivity contribution in [2.45, 2.75) is 6.92 Å². The molecule has 0 aliphatic carbocycles. The lowest BCUT2D eigenvalue weighted by Gasteiger charge is -2.08. The first-order valence-electron chi connectivity index (χ1n) is 6.81. The molecule has 0 fully saturated rings. The molecule has 0 aliphatic rings. The van der Waals surface area contributed by atoms with Gasteiger partial charge in [0.1, 0.15) is 0 Å². The molecule has 0 amide bonds. The van der Waals surface area contributed by atoms with E-state index in [-0.39, 0.29) is 0 Å². The zero-order valence-electron chi connectivity index (χ0n) is 11.6. The smallest absolute Gasteiger partial charge is 0.0541 e. The highest BCUT2D eigenvalue weighted by atomic mass is 15.0. The standard InChI is InChI=1S/C19H17N/c1-3-10-16-17-13-8-9-14-19(17)20(18(16)4-2)15-11-6-5-7-12-15/h3-14H,2H2,1H3/b10-3-. The predicted molar refractivity (Wildman–Crippen MR) is 88.1 cm³/mol. The number of benzene rings is 2. The maximum Gasteiger partial charge on any atom is 0.0541 e. The van der Waals surface area contributed by atoms with Crippen LogP contribution in [0.5, 0.6) is 0 Å². The zero-order valence-corrected chi connectivity index (χ0v) is 11.6. The van der Waals surface area contributed by atoms with Gasteiger partial charge in [0.2, 0.25) is 0 Å². The fourth-order valence-corrected chi connectivity index (χ4v) is 2.68. The molecule has 0 unspecified atom stereocenters. The molecular weight excluding hydrogens is 242 g/mol. The Kier molecular flexibility index (Phi) is 3.26. The number of fused-ring (bicyclic) bond motifs is 1. The van der Waals surface area contributed by atoms with Gasteiger partial charge < -0.3 is 4.57 Å². The van der Waals surface area contributed by atoms with Crippen LogP contribution in [0.4, 0.5) is 0 Å². The first kappa shape index (κ1) is 12.5. The minimum Gasteiger partial charge on any atom is -0.309 e. The van der Waals surface area contributed by atoms with E-state index in [2.05, 4.69) is 71.8 Å². The molecule has 0 N–H and O–H groups in total. The second kappa shape index (κ2) is 5.22. The Morgan fingerprint density at radius 3 is 2.35 bits per heavy atom. The molecule has 1 heteroatoms. The van der Waals surface area contributed by atoms with Crippen molar-refractivity contribution in [2.75, 3.05) is 0 Å². The average molecular weight is 259 g/mol. The van der Waals surface area contributed by atoms with E-state index >= 15 is 0 Å². The molecule has 1 heterocycles. The van der Waals surface area contributed by atoms with E-state index in [1.54, 1.807) is 0 Å². The van der Waals surface area contributed by atoms with Gasteiger partial charge in [0, 0.05) is 16.6 Å². The van der Waals surface area contributed by atoms with Crippen molar-refractivity contribution in [3.05, 3.63) is 78.5 Å². The van der Waals surface area contributed by atoms with Crippen molar-refractivity contribution in [2.24, 2.45) is 0 Å². The molecule has 2 aromatic carbocycles. The molecule has 0 spiro atoms. The number of allylic oxidation sites excluding steroid dienone is 1. The number of hydrogen-bond donors (Lipinski definition) is 0. The van der Waals surface area contributed by atoms with E-state index in [4.69, 9.17) is 0 Å². The summed E-state index contributed by atoms with van der Waals surface area (Å²) in [6, 6.07) is 18.9. The number of para-hydroxylation sites is 2. The summed E-state index contributed by atoms with van der Waals surface area (Å²) in [4.78, 5) is 0. The third-order valence-corrected chi connectivity index (χ3v) is 3.49. The summed E-state index contributed by atoms with van der Waals surface area (Å²) >= 11 is 0. The second-order valence-corrected chi connectivity index (χ2v) is 4.69. The normalized spacial score (nSPS) is 11.2. The lowest BCUT2D eigenvalue weighted by molar-refractivity contribution is 1.11. The maximum atomic E-state index is 4.00. The summed E-state index contributed by atoms with van der Waals surface area (Å²) < 4.78 is 2.26. The summed E-state index contributed by atoms with van der Waals surface area (Å²) in [5.41, 5.74) is 4.73. The zero-order chi connectivity index (χ0) is 13.9. The molecule has 0 radical (unpaired) electrons. The molecule has 3 rings (SSSR count). The van der Waals surface area contributed by atoms with Crippen LogP contribution in [0.15, 0.2) is 67.3 Å². The van der Waals surface area contributed by atoms with Crippen molar-refractivity contribution in [1.29, 1.82) is 0 Å². The maximum absolute atomic E-state index is 4.00. The largest absolute Gasteiger partial charge is 0.309 e. The highest BCUT2D eigenvalue weighted by Crippen LogP contribution is 2.31. The summed E-state index contributed by atoms with van der Waals surface area (Å²) in [6.45, 7) is 6.04. The molecule has 1 aromatic heterocycles. The Morgan fingerprint density at radius 1 is 0.950 bits per heavy atom. The Balaban J connectivity index is 2.44. The van der Waals surface area contributed by atoms with E-state index in [0.717, 1.165) is 11.4 Å². The van der Waals surface area contributed by atoms with Gasteiger partial charge in [-0.25, -0.2) is 0 Å². The summed E-state index contributed by atoms with van der Waals surface area (Å²) in [6.07, 6.45) is 6.16. The Hall–Kier alpha value is -2.54. The monoisotopic (exact) mass is 259 g/mol. The van der Waals surface area contributed by atoms with Gasteiger partial charge >= 0.3 is 0 Å². The van der Waals surface area contributed by atoms with Crippen molar-refractivity contribution < 1.29 is 0 Å². The van der Waals surface area contributed by atoms with Gasteiger partial charge in [-0.05, 0) is 31.2 Å². The van der Waals surface area contributed by atoms with Crippen LogP contribution in [0.1, 0.15) is 18.2 Å². The van der Waals surface area contributed by atoms with Gasteiger partial charge in [0.25, 0.3) is 0 Å². The van der Waals surface area contributed by atoms with Crippen molar-refractivity contribution in [1.82, 2.24) is 4.57 Å². The Bertz CT molecular complexity index is 776. The first-order valence-corrected chi connectivity index (χ1v) is 6.81. The van der Waals surface area contributed by atoms with E-state index in [1.165, 1.54) is 16.5 Å². The third-order valence-electron chi connectivity index (χ3n) is 3.49. The second-order valence-electron chi connectivity index (χ2n) is 4.69. The molecule has 3 aromatic rings. The Labute approximate surface area is 119 Å². The molecule has 98 valence electrons. The average Bonchev–Trinajstić information content (AvgIpc) is 2.82. The predicted octanol–water partition coefficient (Wildman–Crippen LogP) is 5.31. The molecular formula is C19H17N. The van der Waals surface area contributed by atoms with Crippen molar-refractivity contribution in [3.8, 4) is 5.69 Å². The SMILES string of the molecule is C=Cc1c(/C=C\C)c2ccccc2n1-c1ccccc1. The number of rotatable bonds is 3. The van der Waals surface area contributed by atoms with Crippen LogP contribution in [-0.4, -0.2) is 4.57 Å². The lowest BCUT2D eigenvalue weighted by atomic mass is 10.1.